The molecule has 0 saturated heterocycles. The highest BCUT2D eigenvalue weighted by molar-refractivity contribution is 6.07. The van der Waals surface area contributed by atoms with E-state index in [0.29, 0.717) is 5.56 Å². The van der Waals surface area contributed by atoms with Gasteiger partial charge in [-0.25, -0.2) is 0 Å². The first-order valence-corrected chi connectivity index (χ1v) is 8.02. The summed E-state index contributed by atoms with van der Waals surface area (Å²) in [4.78, 5) is 20.8. The van der Waals surface area contributed by atoms with Gasteiger partial charge in [-0.15, -0.1) is 0 Å². The van der Waals surface area contributed by atoms with E-state index < -0.39 is 0 Å². The molecule has 0 unspecified atom stereocenters. The maximum atomic E-state index is 12.9. The van der Waals surface area contributed by atoms with Crippen molar-refractivity contribution in [2.45, 2.75) is 20.8 Å². The third-order valence-corrected chi connectivity index (χ3v) is 4.51. The van der Waals surface area contributed by atoms with Crippen molar-refractivity contribution in [2.24, 2.45) is 7.05 Å². The molecular formula is C20H19N3O. The minimum Gasteiger partial charge on any atom is -0.341 e. The van der Waals surface area contributed by atoms with Crippen LogP contribution in [0.4, 0.5) is 0 Å². The Hall–Kier alpha value is -2.88. The van der Waals surface area contributed by atoms with Crippen LogP contribution in [0.3, 0.4) is 0 Å². The lowest BCUT2D eigenvalue weighted by Crippen LogP contribution is -2.19. The molecule has 0 atom stereocenters. The van der Waals surface area contributed by atoms with Crippen molar-refractivity contribution >= 4 is 21.9 Å². The summed E-state index contributed by atoms with van der Waals surface area (Å²) in [5.41, 5.74) is 6.43. The Morgan fingerprint density at radius 2 is 1.75 bits per heavy atom. The summed E-state index contributed by atoms with van der Waals surface area (Å²) in [6.45, 7) is 6.05. The highest BCUT2D eigenvalue weighted by Gasteiger charge is 2.14. The Balaban J connectivity index is 2.13. The molecular weight excluding hydrogens is 298 g/mol. The molecule has 4 rings (SSSR count). The van der Waals surface area contributed by atoms with Crippen molar-refractivity contribution in [1.82, 2.24) is 14.5 Å². The van der Waals surface area contributed by atoms with Crippen LogP contribution in [-0.2, 0) is 7.05 Å². The van der Waals surface area contributed by atoms with Crippen molar-refractivity contribution in [3.8, 4) is 11.3 Å². The lowest BCUT2D eigenvalue weighted by molar-refractivity contribution is 0.894. The molecule has 0 spiro atoms. The Morgan fingerprint density at radius 1 is 0.958 bits per heavy atom. The van der Waals surface area contributed by atoms with E-state index in [1.165, 1.54) is 5.56 Å². The number of nitrogens with one attached hydrogen (secondary N) is 1. The molecule has 4 aromatic rings. The first-order chi connectivity index (χ1) is 11.4. The maximum Gasteiger partial charge on any atom is 0.261 e. The first-order valence-electron chi connectivity index (χ1n) is 8.02. The zero-order chi connectivity index (χ0) is 17.0. The molecule has 0 bridgehead atoms. The minimum absolute atomic E-state index is 0.0386. The molecule has 0 amide bonds. The number of benzene rings is 1. The molecule has 0 fully saturated rings. The lowest BCUT2D eigenvalue weighted by atomic mass is 10.1. The zero-order valence-electron chi connectivity index (χ0n) is 14.3. The van der Waals surface area contributed by atoms with Crippen LogP contribution in [0.5, 0.6) is 0 Å². The van der Waals surface area contributed by atoms with Gasteiger partial charge in [0, 0.05) is 29.0 Å². The van der Waals surface area contributed by atoms with Gasteiger partial charge >= 0.3 is 0 Å². The monoisotopic (exact) mass is 317 g/mol. The van der Waals surface area contributed by atoms with Crippen LogP contribution in [0.15, 0.2) is 41.2 Å². The molecule has 1 aromatic carbocycles. The van der Waals surface area contributed by atoms with Crippen molar-refractivity contribution < 1.29 is 0 Å². The number of H-pyrrole nitrogens is 1. The average Bonchev–Trinajstić information content (AvgIpc) is 2.88. The summed E-state index contributed by atoms with van der Waals surface area (Å²) in [5.74, 6) is 0. The number of aryl methyl sites for hydroxylation is 4. The normalized spacial score (nSPS) is 11.5. The third-order valence-electron chi connectivity index (χ3n) is 4.51. The van der Waals surface area contributed by atoms with Gasteiger partial charge in [-0.3, -0.25) is 14.3 Å². The summed E-state index contributed by atoms with van der Waals surface area (Å²) in [6.07, 6.45) is 0. The van der Waals surface area contributed by atoms with Gasteiger partial charge in [-0.05, 0) is 56.7 Å². The van der Waals surface area contributed by atoms with Crippen molar-refractivity contribution in [3.63, 3.8) is 0 Å². The molecule has 4 heteroatoms. The number of hydrogen-bond donors (Lipinski definition) is 1. The Morgan fingerprint density at radius 3 is 2.50 bits per heavy atom. The van der Waals surface area contributed by atoms with Crippen LogP contribution in [0.1, 0.15) is 16.8 Å². The molecule has 0 aliphatic rings. The Bertz CT molecular complexity index is 1140. The molecule has 4 nitrogen and oxygen atoms in total. The molecule has 1 N–H and O–H groups in total. The van der Waals surface area contributed by atoms with Crippen molar-refractivity contribution in [1.29, 1.82) is 0 Å². The molecule has 0 radical (unpaired) electrons. The van der Waals surface area contributed by atoms with Gasteiger partial charge in [0.15, 0.2) is 0 Å². The van der Waals surface area contributed by atoms with Gasteiger partial charge in [0.25, 0.3) is 5.56 Å². The van der Waals surface area contributed by atoms with Crippen molar-refractivity contribution in [3.05, 3.63) is 63.6 Å². The largest absolute Gasteiger partial charge is 0.341 e. The van der Waals surface area contributed by atoms with Gasteiger partial charge in [0.05, 0.1) is 11.3 Å². The lowest BCUT2D eigenvalue weighted by Gasteiger charge is -2.07. The number of fused-ring (bicyclic) bond motifs is 3. The van der Waals surface area contributed by atoms with Crippen LogP contribution >= 0.6 is 0 Å². The number of aromatic nitrogens is 3. The molecule has 0 saturated carbocycles. The fourth-order valence-corrected chi connectivity index (χ4v) is 3.37. The second-order valence-electron chi connectivity index (χ2n) is 6.53. The fourth-order valence-electron chi connectivity index (χ4n) is 3.37. The summed E-state index contributed by atoms with van der Waals surface area (Å²) in [6, 6.07) is 12.2. The van der Waals surface area contributed by atoms with E-state index in [2.05, 4.69) is 35.1 Å². The predicted octanol–water partition coefficient (Wildman–Crippen LogP) is 4.01. The van der Waals surface area contributed by atoms with E-state index >= 15 is 0 Å². The first kappa shape index (κ1) is 14.7. The number of aromatic amines is 1. The topological polar surface area (TPSA) is 50.7 Å². The van der Waals surface area contributed by atoms with Gasteiger partial charge < -0.3 is 4.98 Å². The summed E-state index contributed by atoms with van der Waals surface area (Å²) < 4.78 is 1.68. The van der Waals surface area contributed by atoms with E-state index in [-0.39, 0.29) is 5.56 Å². The van der Waals surface area contributed by atoms with Crippen LogP contribution in [0.25, 0.3) is 33.2 Å². The van der Waals surface area contributed by atoms with Crippen LogP contribution in [-0.4, -0.2) is 14.5 Å². The average molecular weight is 317 g/mol. The van der Waals surface area contributed by atoms with Gasteiger partial charge in [0.1, 0.15) is 5.65 Å². The number of hydrogen-bond acceptors (Lipinski definition) is 2. The number of rotatable bonds is 1. The third kappa shape index (κ3) is 2.14. The molecule has 0 aliphatic heterocycles. The fraction of sp³-hybridized carbons (Fsp3) is 0.200. The van der Waals surface area contributed by atoms with Gasteiger partial charge in [-0.2, -0.15) is 0 Å². The summed E-state index contributed by atoms with van der Waals surface area (Å²) >= 11 is 0. The maximum absolute atomic E-state index is 12.9. The van der Waals surface area contributed by atoms with E-state index in [1.807, 2.05) is 32.0 Å². The minimum atomic E-state index is -0.0386. The van der Waals surface area contributed by atoms with E-state index in [0.717, 1.165) is 38.9 Å². The Kier molecular flexibility index (Phi) is 3.10. The molecule has 0 aliphatic carbocycles. The van der Waals surface area contributed by atoms with Gasteiger partial charge in [0.2, 0.25) is 0 Å². The SMILES string of the molecule is Cc1cc(C)nc(-c2cc3c4cc(C)ccc4[nH]c3n(C)c2=O)c1. The molecule has 3 aromatic heterocycles. The second-order valence-corrected chi connectivity index (χ2v) is 6.53. The second kappa shape index (κ2) is 5.06. The van der Waals surface area contributed by atoms with Gasteiger partial charge in [-0.1, -0.05) is 11.6 Å². The highest BCUT2D eigenvalue weighted by atomic mass is 16.1. The summed E-state index contributed by atoms with van der Waals surface area (Å²) in [7, 11) is 1.80. The molecule has 120 valence electrons. The standard InChI is InChI=1S/C20H19N3O/c1-11-5-6-17-14(8-11)15-10-16(20(24)23(4)19(15)22-17)18-9-12(2)7-13(3)21-18/h5-10,22H,1-4H3. The number of pyridine rings is 2. The molecule has 24 heavy (non-hydrogen) atoms. The zero-order valence-corrected chi connectivity index (χ0v) is 14.3. The number of nitrogens with zero attached hydrogens (tertiary/aromatic N) is 2. The Labute approximate surface area is 139 Å². The van der Waals surface area contributed by atoms with Crippen LogP contribution < -0.4 is 5.56 Å². The highest BCUT2D eigenvalue weighted by Crippen LogP contribution is 2.28. The van der Waals surface area contributed by atoms with Crippen molar-refractivity contribution in [2.75, 3.05) is 0 Å². The molecule has 3 heterocycles. The van der Waals surface area contributed by atoms with Crippen LogP contribution in [0, 0.1) is 20.8 Å². The summed E-state index contributed by atoms with van der Waals surface area (Å²) in [5, 5.41) is 2.18. The van der Waals surface area contributed by atoms with E-state index in [1.54, 1.807) is 11.6 Å². The predicted molar refractivity (Wildman–Crippen MR) is 98.5 cm³/mol. The van der Waals surface area contributed by atoms with E-state index in [4.69, 9.17) is 0 Å². The smallest absolute Gasteiger partial charge is 0.261 e. The van der Waals surface area contributed by atoms with Crippen LogP contribution in [0.2, 0.25) is 0 Å². The van der Waals surface area contributed by atoms with E-state index in [9.17, 15) is 4.79 Å². The quantitative estimate of drug-likeness (QED) is 0.577.